The molecule has 2 aromatic carbocycles. The van der Waals surface area contributed by atoms with E-state index in [4.69, 9.17) is 4.74 Å². The number of likely N-dealkylation sites (tertiary alicyclic amines) is 1. The van der Waals surface area contributed by atoms with Gasteiger partial charge in [0, 0.05) is 33.2 Å². The van der Waals surface area contributed by atoms with Gasteiger partial charge in [0.15, 0.2) is 0 Å². The fourth-order valence-corrected chi connectivity index (χ4v) is 6.31. The van der Waals surface area contributed by atoms with E-state index in [1.165, 1.54) is 26.1 Å². The lowest BCUT2D eigenvalue weighted by Gasteiger charge is -2.59. The fourth-order valence-electron chi connectivity index (χ4n) is 4.56. The summed E-state index contributed by atoms with van der Waals surface area (Å²) in [5.74, 6) is 1.05. The molecule has 3 heterocycles. The number of hydrogen-bond acceptors (Lipinski definition) is 6. The van der Waals surface area contributed by atoms with Gasteiger partial charge < -0.3 is 14.7 Å². The van der Waals surface area contributed by atoms with Crippen molar-refractivity contribution in [3.63, 3.8) is 0 Å². The van der Waals surface area contributed by atoms with Gasteiger partial charge in [-0.05, 0) is 43.0 Å². The Bertz CT molecular complexity index is 877. The van der Waals surface area contributed by atoms with E-state index in [-0.39, 0.29) is 6.17 Å². The normalized spacial score (nSPS) is 22.0. The Kier molecular flexibility index (Phi) is 4.88. The molecule has 0 aliphatic carbocycles. The summed E-state index contributed by atoms with van der Waals surface area (Å²) >= 11 is 3.69. The molecule has 1 spiro atoms. The number of benzene rings is 2. The molecule has 28 heavy (non-hydrogen) atoms. The molecule has 0 amide bonds. The maximum atomic E-state index is 10.9. The second-order valence-corrected chi connectivity index (χ2v) is 10.5. The first-order chi connectivity index (χ1) is 13.6. The van der Waals surface area contributed by atoms with E-state index in [0.29, 0.717) is 5.41 Å². The number of thioether (sulfide) groups is 1. The van der Waals surface area contributed by atoms with Crippen LogP contribution < -0.4 is 4.90 Å². The molecule has 2 unspecified atom stereocenters. The van der Waals surface area contributed by atoms with Crippen LogP contribution in [0.2, 0.25) is 0 Å². The van der Waals surface area contributed by atoms with Crippen LogP contribution in [-0.4, -0.2) is 54.3 Å². The monoisotopic (exact) mass is 414 g/mol. The molecule has 0 aromatic heterocycles. The average Bonchev–Trinajstić information content (AvgIpc) is 2.61. The first-order valence-corrected chi connectivity index (χ1v) is 11.7. The molecule has 6 heteroatoms. The molecule has 2 aromatic rings. The van der Waals surface area contributed by atoms with E-state index >= 15 is 0 Å². The van der Waals surface area contributed by atoms with Crippen LogP contribution in [0, 0.1) is 5.41 Å². The number of para-hydroxylation sites is 1. The van der Waals surface area contributed by atoms with Crippen LogP contribution in [0.25, 0.3) is 0 Å². The number of rotatable bonds is 5. The number of anilines is 2. The average molecular weight is 415 g/mol. The van der Waals surface area contributed by atoms with Crippen LogP contribution in [0.5, 0.6) is 0 Å². The highest BCUT2D eigenvalue weighted by Gasteiger charge is 2.53. The van der Waals surface area contributed by atoms with Crippen LogP contribution in [0.3, 0.4) is 0 Å². The molecule has 2 atom stereocenters. The molecule has 3 aliphatic rings. The Morgan fingerprint density at radius 3 is 2.57 bits per heavy atom. The lowest BCUT2D eigenvalue weighted by atomic mass is 9.77. The third-order valence-corrected chi connectivity index (χ3v) is 7.82. The van der Waals surface area contributed by atoms with Crippen molar-refractivity contribution in [1.82, 2.24) is 4.90 Å². The molecule has 2 saturated heterocycles. The van der Waals surface area contributed by atoms with Crippen molar-refractivity contribution < 1.29 is 9.84 Å². The van der Waals surface area contributed by atoms with Gasteiger partial charge in [-0.15, -0.1) is 11.8 Å². The van der Waals surface area contributed by atoms with Crippen LogP contribution in [0.1, 0.15) is 13.8 Å². The maximum Gasteiger partial charge on any atom is 0.113 e. The Hall–Kier alpha value is -1.18. The number of ether oxygens (including phenoxy) is 1. The molecular weight excluding hydrogens is 388 g/mol. The highest BCUT2D eigenvalue weighted by molar-refractivity contribution is 8.00. The minimum absolute atomic E-state index is 0.0751. The number of aliphatic hydroxyl groups is 1. The molecule has 3 aliphatic heterocycles. The molecule has 0 saturated carbocycles. The van der Waals surface area contributed by atoms with Crippen LogP contribution >= 0.6 is 23.5 Å². The van der Waals surface area contributed by atoms with Crippen molar-refractivity contribution in [3.05, 3.63) is 42.5 Å². The van der Waals surface area contributed by atoms with E-state index in [1.54, 1.807) is 0 Å². The summed E-state index contributed by atoms with van der Waals surface area (Å²) in [4.78, 5) is 8.58. The van der Waals surface area contributed by atoms with E-state index in [0.717, 1.165) is 32.1 Å². The maximum absolute atomic E-state index is 10.9. The number of fused-ring (bicyclic) bond motifs is 2. The molecular formula is C22H26N2O2S2. The van der Waals surface area contributed by atoms with Crippen molar-refractivity contribution in [2.24, 2.45) is 5.41 Å². The van der Waals surface area contributed by atoms with Crippen molar-refractivity contribution in [1.29, 1.82) is 0 Å². The highest BCUT2D eigenvalue weighted by atomic mass is 32.2. The topological polar surface area (TPSA) is 35.9 Å². The largest absolute Gasteiger partial charge is 0.390 e. The van der Waals surface area contributed by atoms with Crippen LogP contribution in [-0.2, 0) is 4.74 Å². The number of aliphatic hydroxyl groups excluding tert-OH is 1. The fraction of sp³-hybridized carbons (Fsp3) is 0.455. The molecule has 0 bridgehead atoms. The standard InChI is InChI=1S/C22H26N2O2S2/c1-3-27-16-8-9-20-18(10-16)24(17-6-4-5-7-19(17)28-20)21(15(2)25)23-11-22(12-23)13-26-14-22/h4-10,15,21,25H,3,11-14H2,1-2H3. The minimum Gasteiger partial charge on any atom is -0.390 e. The van der Waals surface area contributed by atoms with Gasteiger partial charge in [-0.1, -0.05) is 30.8 Å². The van der Waals surface area contributed by atoms with Gasteiger partial charge in [0.05, 0.1) is 30.7 Å². The Morgan fingerprint density at radius 1 is 1.14 bits per heavy atom. The summed E-state index contributed by atoms with van der Waals surface area (Å²) in [5.41, 5.74) is 2.72. The van der Waals surface area contributed by atoms with E-state index in [2.05, 4.69) is 59.2 Å². The van der Waals surface area contributed by atoms with Gasteiger partial charge in [0.2, 0.25) is 0 Å². The smallest absolute Gasteiger partial charge is 0.113 e. The van der Waals surface area contributed by atoms with Gasteiger partial charge in [0.1, 0.15) is 6.17 Å². The number of hydrogen-bond donors (Lipinski definition) is 1. The summed E-state index contributed by atoms with van der Waals surface area (Å²) < 4.78 is 5.46. The lowest BCUT2D eigenvalue weighted by molar-refractivity contribution is -0.204. The molecule has 4 nitrogen and oxygen atoms in total. The van der Waals surface area contributed by atoms with Gasteiger partial charge in [-0.25, -0.2) is 0 Å². The molecule has 5 rings (SSSR count). The summed E-state index contributed by atoms with van der Waals surface area (Å²) in [6.07, 6.45) is -0.543. The van der Waals surface area contributed by atoms with Crippen molar-refractivity contribution >= 4 is 34.9 Å². The minimum atomic E-state index is -0.468. The zero-order valence-electron chi connectivity index (χ0n) is 16.3. The van der Waals surface area contributed by atoms with Crippen molar-refractivity contribution in [2.75, 3.05) is 37.0 Å². The third kappa shape index (κ3) is 3.06. The van der Waals surface area contributed by atoms with E-state index in [1.807, 2.05) is 30.4 Å². The molecule has 0 radical (unpaired) electrons. The Balaban J connectivity index is 1.57. The third-order valence-electron chi connectivity index (χ3n) is 5.81. The highest BCUT2D eigenvalue weighted by Crippen LogP contribution is 2.51. The zero-order valence-corrected chi connectivity index (χ0v) is 17.9. The van der Waals surface area contributed by atoms with Gasteiger partial charge in [-0.3, -0.25) is 4.90 Å². The predicted molar refractivity (Wildman–Crippen MR) is 116 cm³/mol. The van der Waals surface area contributed by atoms with Crippen molar-refractivity contribution in [2.45, 2.75) is 40.8 Å². The zero-order chi connectivity index (χ0) is 19.3. The summed E-state index contributed by atoms with van der Waals surface area (Å²) in [6.45, 7) is 7.80. The van der Waals surface area contributed by atoms with Gasteiger partial charge in [-0.2, -0.15) is 0 Å². The van der Waals surface area contributed by atoms with Gasteiger partial charge in [0.25, 0.3) is 0 Å². The Labute approximate surface area is 175 Å². The number of nitrogens with zero attached hydrogens (tertiary/aromatic N) is 2. The van der Waals surface area contributed by atoms with E-state index in [9.17, 15) is 5.11 Å². The summed E-state index contributed by atoms with van der Waals surface area (Å²) in [7, 11) is 0. The van der Waals surface area contributed by atoms with Crippen LogP contribution in [0.15, 0.2) is 57.2 Å². The second-order valence-electron chi connectivity index (χ2n) is 8.05. The molecule has 1 N–H and O–H groups in total. The van der Waals surface area contributed by atoms with Gasteiger partial charge >= 0.3 is 0 Å². The first kappa shape index (κ1) is 18.8. The summed E-state index contributed by atoms with van der Waals surface area (Å²) in [5, 5.41) is 10.9. The lowest BCUT2D eigenvalue weighted by Crippen LogP contribution is -2.71. The van der Waals surface area contributed by atoms with Crippen molar-refractivity contribution in [3.8, 4) is 0 Å². The predicted octanol–water partition coefficient (Wildman–Crippen LogP) is 4.44. The van der Waals surface area contributed by atoms with E-state index < -0.39 is 6.10 Å². The Morgan fingerprint density at radius 2 is 1.89 bits per heavy atom. The second kappa shape index (κ2) is 7.26. The summed E-state index contributed by atoms with van der Waals surface area (Å²) in [6, 6.07) is 15.3. The van der Waals surface area contributed by atoms with Crippen LogP contribution in [0.4, 0.5) is 11.4 Å². The SMILES string of the molecule is CCSc1ccc2c(c1)N(C(C(C)O)N1CC3(COC3)C1)c1ccccc1S2. The molecule has 2 fully saturated rings. The molecule has 148 valence electrons. The first-order valence-electron chi connectivity index (χ1n) is 9.93. The quantitative estimate of drug-likeness (QED) is 0.729.